The van der Waals surface area contributed by atoms with Gasteiger partial charge >= 0.3 is 0 Å². The van der Waals surface area contributed by atoms with Crippen LogP contribution in [0, 0.1) is 6.92 Å². The number of aryl methyl sites for hydroxylation is 2. The minimum Gasteiger partial charge on any atom is -0.355 e. The molecule has 0 aromatic carbocycles. The van der Waals surface area contributed by atoms with Crippen molar-refractivity contribution in [2.45, 2.75) is 25.8 Å². The molecule has 3 heterocycles. The highest BCUT2D eigenvalue weighted by atomic mass is 16.1. The Kier molecular flexibility index (Phi) is 3.98. The summed E-state index contributed by atoms with van der Waals surface area (Å²) in [7, 11) is 3.62. The minimum atomic E-state index is -0.0790. The maximum absolute atomic E-state index is 11.9. The van der Waals surface area contributed by atoms with Gasteiger partial charge in [0.1, 0.15) is 0 Å². The lowest BCUT2D eigenvalue weighted by Gasteiger charge is -2.17. The maximum Gasteiger partial charge on any atom is 0.254 e. The Morgan fingerprint density at radius 2 is 2.32 bits per heavy atom. The van der Waals surface area contributed by atoms with E-state index in [0.29, 0.717) is 11.5 Å². The molecule has 0 saturated carbocycles. The number of hydrogen-bond donors (Lipinski definition) is 2. The molecule has 2 N–H and O–H groups in total. The number of nitrogens with zero attached hydrogens (tertiary/aromatic N) is 4. The SMILES string of the molecule is CNC(=O)c1cn[nH]c1[C@@H]1CCN(Cc2c(C)cnn2C)C1. The highest BCUT2D eigenvalue weighted by Gasteiger charge is 2.29. The summed E-state index contributed by atoms with van der Waals surface area (Å²) in [5.41, 5.74) is 4.07. The molecule has 2 aromatic heterocycles. The van der Waals surface area contributed by atoms with Crippen LogP contribution in [0.3, 0.4) is 0 Å². The van der Waals surface area contributed by atoms with E-state index in [-0.39, 0.29) is 5.91 Å². The van der Waals surface area contributed by atoms with Gasteiger partial charge in [0.2, 0.25) is 0 Å². The number of likely N-dealkylation sites (tertiary alicyclic amines) is 1. The maximum atomic E-state index is 11.9. The van der Waals surface area contributed by atoms with Gasteiger partial charge in [0, 0.05) is 33.1 Å². The number of nitrogens with one attached hydrogen (secondary N) is 2. The number of hydrogen-bond acceptors (Lipinski definition) is 4. The summed E-state index contributed by atoms with van der Waals surface area (Å²) in [6, 6.07) is 0. The van der Waals surface area contributed by atoms with E-state index in [2.05, 4.69) is 32.4 Å². The summed E-state index contributed by atoms with van der Waals surface area (Å²) >= 11 is 0. The first-order chi connectivity index (χ1) is 10.6. The van der Waals surface area contributed by atoms with E-state index in [1.54, 1.807) is 13.2 Å². The molecule has 118 valence electrons. The molecule has 2 aromatic rings. The summed E-state index contributed by atoms with van der Waals surface area (Å²) in [6.45, 7) is 4.93. The van der Waals surface area contributed by atoms with Crippen molar-refractivity contribution in [1.29, 1.82) is 0 Å². The number of carbonyl (C=O) groups excluding carboxylic acids is 1. The van der Waals surface area contributed by atoms with Gasteiger partial charge in [0.15, 0.2) is 0 Å². The van der Waals surface area contributed by atoms with Gasteiger partial charge < -0.3 is 5.32 Å². The largest absolute Gasteiger partial charge is 0.355 e. The normalized spacial score (nSPS) is 18.8. The quantitative estimate of drug-likeness (QED) is 0.875. The van der Waals surface area contributed by atoms with Crippen molar-refractivity contribution >= 4 is 5.91 Å². The lowest BCUT2D eigenvalue weighted by atomic mass is 10.0. The summed E-state index contributed by atoms with van der Waals surface area (Å²) in [5, 5.41) is 14.0. The van der Waals surface area contributed by atoms with Gasteiger partial charge in [0.05, 0.1) is 29.3 Å². The second-order valence-corrected chi connectivity index (χ2v) is 5.90. The molecule has 3 rings (SSSR count). The third kappa shape index (κ3) is 2.64. The van der Waals surface area contributed by atoms with E-state index in [0.717, 1.165) is 31.7 Å². The molecule has 0 radical (unpaired) electrons. The average molecular weight is 302 g/mol. The van der Waals surface area contributed by atoms with Crippen molar-refractivity contribution in [3.05, 3.63) is 34.9 Å². The summed E-state index contributed by atoms with van der Waals surface area (Å²) < 4.78 is 1.94. The Morgan fingerprint density at radius 3 is 3.00 bits per heavy atom. The second kappa shape index (κ2) is 5.92. The summed E-state index contributed by atoms with van der Waals surface area (Å²) in [4.78, 5) is 14.3. The van der Waals surface area contributed by atoms with Gasteiger partial charge in [-0.15, -0.1) is 0 Å². The lowest BCUT2D eigenvalue weighted by Crippen LogP contribution is -2.23. The molecular weight excluding hydrogens is 280 g/mol. The molecule has 1 aliphatic heterocycles. The van der Waals surface area contributed by atoms with E-state index in [1.165, 1.54) is 11.3 Å². The van der Waals surface area contributed by atoms with Gasteiger partial charge in [-0.25, -0.2) is 0 Å². The zero-order valence-corrected chi connectivity index (χ0v) is 13.3. The standard InChI is InChI=1S/C15H22N6O/c1-10-6-18-20(3)13(10)9-21-5-4-11(8-21)14-12(7-17-19-14)15(22)16-2/h6-7,11H,4-5,8-9H2,1-3H3,(H,16,22)(H,17,19)/t11-/m1/s1. The molecule has 1 aliphatic rings. The molecule has 1 amide bonds. The van der Waals surface area contributed by atoms with Gasteiger partial charge in [-0.1, -0.05) is 0 Å². The van der Waals surface area contributed by atoms with Crippen molar-refractivity contribution in [2.75, 3.05) is 20.1 Å². The van der Waals surface area contributed by atoms with Crippen LogP contribution in [0.25, 0.3) is 0 Å². The Labute approximate surface area is 129 Å². The van der Waals surface area contributed by atoms with Gasteiger partial charge in [-0.3, -0.25) is 19.5 Å². The van der Waals surface area contributed by atoms with Crippen molar-refractivity contribution < 1.29 is 4.79 Å². The lowest BCUT2D eigenvalue weighted by molar-refractivity contribution is 0.0961. The number of carbonyl (C=O) groups is 1. The first-order valence-electron chi connectivity index (χ1n) is 7.55. The molecule has 0 unspecified atom stereocenters. The summed E-state index contributed by atoms with van der Waals surface area (Å²) in [6.07, 6.45) is 4.55. The summed E-state index contributed by atoms with van der Waals surface area (Å²) in [5.74, 6) is 0.244. The number of rotatable bonds is 4. The zero-order chi connectivity index (χ0) is 15.7. The fourth-order valence-electron chi connectivity index (χ4n) is 3.15. The van der Waals surface area contributed by atoms with E-state index in [4.69, 9.17) is 0 Å². The molecule has 7 nitrogen and oxygen atoms in total. The smallest absolute Gasteiger partial charge is 0.254 e. The van der Waals surface area contributed by atoms with Gasteiger partial charge in [0.25, 0.3) is 5.91 Å². The fourth-order valence-corrected chi connectivity index (χ4v) is 3.15. The number of aromatic amines is 1. The van der Waals surface area contributed by atoms with Crippen LogP contribution in [0.5, 0.6) is 0 Å². The number of aromatic nitrogens is 4. The minimum absolute atomic E-state index is 0.0790. The van der Waals surface area contributed by atoms with Crippen molar-refractivity contribution in [1.82, 2.24) is 30.2 Å². The first kappa shape index (κ1) is 14.8. The number of amides is 1. The zero-order valence-electron chi connectivity index (χ0n) is 13.3. The van der Waals surface area contributed by atoms with Crippen LogP contribution in [0.15, 0.2) is 12.4 Å². The van der Waals surface area contributed by atoms with Crippen LogP contribution >= 0.6 is 0 Å². The predicted octanol–water partition coefficient (Wildman–Crippen LogP) is 0.801. The first-order valence-corrected chi connectivity index (χ1v) is 7.55. The molecule has 1 saturated heterocycles. The average Bonchev–Trinajstić information content (AvgIpc) is 3.22. The third-order valence-corrected chi connectivity index (χ3v) is 4.46. The Morgan fingerprint density at radius 1 is 1.50 bits per heavy atom. The van der Waals surface area contributed by atoms with Crippen molar-refractivity contribution in [3.8, 4) is 0 Å². The Balaban J connectivity index is 1.70. The highest BCUT2D eigenvalue weighted by molar-refractivity contribution is 5.95. The molecule has 1 fully saturated rings. The Hall–Kier alpha value is -2.15. The fraction of sp³-hybridized carbons (Fsp3) is 0.533. The van der Waals surface area contributed by atoms with Crippen LogP contribution in [-0.4, -0.2) is 50.9 Å². The second-order valence-electron chi connectivity index (χ2n) is 5.90. The van der Waals surface area contributed by atoms with Crippen LogP contribution in [0.4, 0.5) is 0 Å². The van der Waals surface area contributed by atoms with Gasteiger partial charge in [-0.05, 0) is 25.5 Å². The van der Waals surface area contributed by atoms with E-state index in [9.17, 15) is 4.79 Å². The van der Waals surface area contributed by atoms with Crippen molar-refractivity contribution in [3.63, 3.8) is 0 Å². The molecule has 7 heteroatoms. The van der Waals surface area contributed by atoms with Crippen LogP contribution in [-0.2, 0) is 13.6 Å². The number of H-pyrrole nitrogens is 1. The molecule has 1 atom stereocenters. The highest BCUT2D eigenvalue weighted by Crippen LogP contribution is 2.29. The monoisotopic (exact) mass is 302 g/mol. The van der Waals surface area contributed by atoms with Crippen molar-refractivity contribution in [2.24, 2.45) is 7.05 Å². The van der Waals surface area contributed by atoms with Crippen LogP contribution in [0.2, 0.25) is 0 Å². The molecule has 0 aliphatic carbocycles. The predicted molar refractivity (Wildman–Crippen MR) is 82.6 cm³/mol. The van der Waals surface area contributed by atoms with Gasteiger partial charge in [-0.2, -0.15) is 10.2 Å². The third-order valence-electron chi connectivity index (χ3n) is 4.46. The van der Waals surface area contributed by atoms with Crippen LogP contribution < -0.4 is 5.32 Å². The molecule has 0 spiro atoms. The van der Waals surface area contributed by atoms with Crippen LogP contribution in [0.1, 0.15) is 39.6 Å². The van der Waals surface area contributed by atoms with E-state index >= 15 is 0 Å². The Bertz CT molecular complexity index is 654. The van der Waals surface area contributed by atoms with E-state index in [1.807, 2.05) is 17.9 Å². The molecular formula is C15H22N6O. The topological polar surface area (TPSA) is 78.8 Å². The molecule has 0 bridgehead atoms. The molecule has 22 heavy (non-hydrogen) atoms. The van der Waals surface area contributed by atoms with E-state index < -0.39 is 0 Å².